The molecular weight excluding hydrogens is 256 g/mol. The van der Waals surface area contributed by atoms with Crippen molar-refractivity contribution in [1.82, 2.24) is 0 Å². The van der Waals surface area contributed by atoms with Crippen LogP contribution in [0.25, 0.3) is 0 Å². The molecule has 2 aromatic carbocycles. The average Bonchev–Trinajstić information content (AvgIpc) is 2.55. The van der Waals surface area contributed by atoms with Crippen LogP contribution < -0.4 is 9.47 Å². The average molecular weight is 272 g/mol. The molecule has 0 aliphatic rings. The summed E-state index contributed by atoms with van der Waals surface area (Å²) in [5, 5.41) is 0. The number of ether oxygens (including phenoxy) is 2. The fourth-order valence-electron chi connectivity index (χ4n) is 1.48. The summed E-state index contributed by atoms with van der Waals surface area (Å²) in [6.07, 6.45) is 1.57. The van der Waals surface area contributed by atoms with Crippen LogP contribution in [0.2, 0.25) is 0 Å². The van der Waals surface area contributed by atoms with Gasteiger partial charge in [-0.15, -0.1) is 0 Å². The van der Waals surface area contributed by atoms with E-state index in [4.69, 9.17) is 9.47 Å². The molecule has 0 N–H and O–H groups in total. The molecule has 0 bridgehead atoms. The highest BCUT2D eigenvalue weighted by Crippen LogP contribution is 2.13. The Morgan fingerprint density at radius 2 is 1.60 bits per heavy atom. The van der Waals surface area contributed by atoms with E-state index >= 15 is 0 Å². The molecule has 0 atom stereocenters. The number of carbonyl (C=O) groups excluding carboxylic acids is 2. The Morgan fingerprint density at radius 3 is 2.15 bits per heavy atom. The lowest BCUT2D eigenvalue weighted by Crippen LogP contribution is -1.88. The van der Waals surface area contributed by atoms with E-state index in [1.807, 2.05) is 6.07 Å². The van der Waals surface area contributed by atoms with Gasteiger partial charge in [0.25, 0.3) is 0 Å². The third-order valence-electron chi connectivity index (χ3n) is 2.50. The summed E-state index contributed by atoms with van der Waals surface area (Å²) >= 11 is 0. The normalized spacial score (nSPS) is 8.90. The largest absolute Gasteiger partial charge is 0.497 e. The third-order valence-corrected chi connectivity index (χ3v) is 2.50. The highest BCUT2D eigenvalue weighted by atomic mass is 16.5. The van der Waals surface area contributed by atoms with E-state index < -0.39 is 0 Å². The van der Waals surface area contributed by atoms with Crippen LogP contribution in [0.15, 0.2) is 48.5 Å². The summed E-state index contributed by atoms with van der Waals surface area (Å²) in [6.45, 7) is 0. The molecular formula is C16H16O4. The lowest BCUT2D eigenvalue weighted by Gasteiger charge is -1.99. The summed E-state index contributed by atoms with van der Waals surface area (Å²) < 4.78 is 9.80. The maximum absolute atomic E-state index is 10.3. The SMILES string of the molecule is COc1cccc(C=O)c1.COc1ccccc1C=O. The molecule has 0 unspecified atom stereocenters. The molecule has 0 saturated heterocycles. The minimum absolute atomic E-state index is 0.588. The number of para-hydroxylation sites is 1. The maximum atomic E-state index is 10.3. The van der Waals surface area contributed by atoms with E-state index in [9.17, 15) is 9.59 Å². The molecule has 4 nitrogen and oxygen atoms in total. The second kappa shape index (κ2) is 8.48. The van der Waals surface area contributed by atoms with Gasteiger partial charge >= 0.3 is 0 Å². The van der Waals surface area contributed by atoms with E-state index in [1.54, 1.807) is 56.7 Å². The van der Waals surface area contributed by atoms with Crippen LogP contribution in [0.3, 0.4) is 0 Å². The van der Waals surface area contributed by atoms with Crippen LogP contribution >= 0.6 is 0 Å². The molecule has 20 heavy (non-hydrogen) atoms. The van der Waals surface area contributed by atoms with Crippen molar-refractivity contribution in [3.05, 3.63) is 59.7 Å². The Labute approximate surface area is 118 Å². The first-order valence-electron chi connectivity index (χ1n) is 5.92. The molecule has 4 heteroatoms. The summed E-state index contributed by atoms with van der Waals surface area (Å²) in [4.78, 5) is 20.5. The van der Waals surface area contributed by atoms with Crippen molar-refractivity contribution in [1.29, 1.82) is 0 Å². The molecule has 0 aliphatic heterocycles. The second-order valence-electron chi connectivity index (χ2n) is 3.75. The minimum atomic E-state index is 0.588. The van der Waals surface area contributed by atoms with Crippen molar-refractivity contribution in [3.63, 3.8) is 0 Å². The zero-order valence-corrected chi connectivity index (χ0v) is 11.4. The Bertz CT molecular complexity index is 564. The fourth-order valence-corrected chi connectivity index (χ4v) is 1.48. The number of aldehydes is 2. The molecule has 0 amide bonds. The standard InChI is InChI=1S/2C8H8O2/c1-10-8-4-2-3-7(5-8)6-9;1-10-8-5-3-2-4-7(8)6-9/h2*2-6H,1H3. The molecule has 0 radical (unpaired) electrons. The topological polar surface area (TPSA) is 52.6 Å². The lowest BCUT2D eigenvalue weighted by molar-refractivity contribution is 0.111. The van der Waals surface area contributed by atoms with E-state index in [1.165, 1.54) is 0 Å². The molecule has 0 spiro atoms. The van der Waals surface area contributed by atoms with Gasteiger partial charge in [-0.05, 0) is 24.3 Å². The van der Waals surface area contributed by atoms with Gasteiger partial charge in [0.1, 0.15) is 17.8 Å². The number of rotatable bonds is 4. The van der Waals surface area contributed by atoms with Crippen LogP contribution in [0.4, 0.5) is 0 Å². The molecule has 0 aliphatic carbocycles. The highest BCUT2D eigenvalue weighted by Gasteiger charge is 1.96. The van der Waals surface area contributed by atoms with Gasteiger partial charge in [0.05, 0.1) is 19.8 Å². The molecule has 0 aromatic heterocycles. The summed E-state index contributed by atoms with van der Waals surface area (Å²) in [5.41, 5.74) is 1.23. The monoisotopic (exact) mass is 272 g/mol. The van der Waals surface area contributed by atoms with Gasteiger partial charge in [0.15, 0.2) is 6.29 Å². The van der Waals surface area contributed by atoms with Gasteiger partial charge in [-0.2, -0.15) is 0 Å². The number of hydrogen-bond donors (Lipinski definition) is 0. The fraction of sp³-hybridized carbons (Fsp3) is 0.125. The minimum Gasteiger partial charge on any atom is -0.497 e. The third kappa shape index (κ3) is 4.57. The predicted octanol–water partition coefficient (Wildman–Crippen LogP) is 3.02. The van der Waals surface area contributed by atoms with Gasteiger partial charge in [0, 0.05) is 5.56 Å². The molecule has 104 valence electrons. The number of methoxy groups -OCH3 is 2. The number of carbonyl (C=O) groups is 2. The molecule has 2 rings (SSSR count). The number of benzene rings is 2. The molecule has 0 heterocycles. The van der Waals surface area contributed by atoms with Crippen LogP contribution in [-0.4, -0.2) is 26.8 Å². The van der Waals surface area contributed by atoms with Crippen molar-refractivity contribution < 1.29 is 19.1 Å². The van der Waals surface area contributed by atoms with Crippen molar-refractivity contribution in [2.24, 2.45) is 0 Å². The maximum Gasteiger partial charge on any atom is 0.153 e. The highest BCUT2D eigenvalue weighted by molar-refractivity contribution is 5.79. The van der Waals surface area contributed by atoms with Crippen molar-refractivity contribution in [2.75, 3.05) is 14.2 Å². The Kier molecular flexibility index (Phi) is 6.54. The first-order valence-corrected chi connectivity index (χ1v) is 5.92. The van der Waals surface area contributed by atoms with E-state index in [0.717, 1.165) is 12.6 Å². The van der Waals surface area contributed by atoms with Gasteiger partial charge in [-0.25, -0.2) is 0 Å². The van der Waals surface area contributed by atoms with Crippen LogP contribution in [0.1, 0.15) is 20.7 Å². The van der Waals surface area contributed by atoms with E-state index in [0.29, 0.717) is 22.6 Å². The quantitative estimate of drug-likeness (QED) is 0.803. The number of hydrogen-bond acceptors (Lipinski definition) is 4. The van der Waals surface area contributed by atoms with Crippen LogP contribution in [-0.2, 0) is 0 Å². The zero-order chi connectivity index (χ0) is 14.8. The van der Waals surface area contributed by atoms with E-state index in [2.05, 4.69) is 0 Å². The summed E-state index contributed by atoms with van der Waals surface area (Å²) in [6, 6.07) is 14.1. The summed E-state index contributed by atoms with van der Waals surface area (Å²) in [7, 11) is 3.12. The first-order chi connectivity index (χ1) is 9.74. The van der Waals surface area contributed by atoms with Gasteiger partial charge in [-0.3, -0.25) is 9.59 Å². The first kappa shape index (κ1) is 15.4. The van der Waals surface area contributed by atoms with Crippen LogP contribution in [0, 0.1) is 0 Å². The Hall–Kier alpha value is -2.62. The molecule has 2 aromatic rings. The Balaban J connectivity index is 0.000000200. The zero-order valence-electron chi connectivity index (χ0n) is 11.4. The van der Waals surface area contributed by atoms with Crippen molar-refractivity contribution in [3.8, 4) is 11.5 Å². The van der Waals surface area contributed by atoms with E-state index in [-0.39, 0.29) is 0 Å². The van der Waals surface area contributed by atoms with Crippen LogP contribution in [0.5, 0.6) is 11.5 Å². The smallest absolute Gasteiger partial charge is 0.153 e. The van der Waals surface area contributed by atoms with Gasteiger partial charge < -0.3 is 9.47 Å². The van der Waals surface area contributed by atoms with Gasteiger partial charge in [0.2, 0.25) is 0 Å². The van der Waals surface area contributed by atoms with Gasteiger partial charge in [-0.1, -0.05) is 24.3 Å². The predicted molar refractivity (Wildman–Crippen MR) is 76.8 cm³/mol. The summed E-state index contributed by atoms with van der Waals surface area (Å²) in [5.74, 6) is 1.34. The van der Waals surface area contributed by atoms with Crippen molar-refractivity contribution >= 4 is 12.6 Å². The Morgan fingerprint density at radius 1 is 0.850 bits per heavy atom. The second-order valence-corrected chi connectivity index (χ2v) is 3.75. The molecule has 0 saturated carbocycles. The lowest BCUT2D eigenvalue weighted by atomic mass is 10.2. The molecule has 0 fully saturated rings. The van der Waals surface area contributed by atoms with Crippen molar-refractivity contribution in [2.45, 2.75) is 0 Å².